The quantitative estimate of drug-likeness (QED) is 0.640. The van der Waals surface area contributed by atoms with Crippen LogP contribution in [0.15, 0.2) is 18.2 Å². The third kappa shape index (κ3) is 3.70. The van der Waals surface area contributed by atoms with Crippen molar-refractivity contribution >= 4 is 11.4 Å². The van der Waals surface area contributed by atoms with Crippen molar-refractivity contribution in [1.29, 1.82) is 5.26 Å². The van der Waals surface area contributed by atoms with Gasteiger partial charge in [0.05, 0.1) is 4.92 Å². The molecule has 21 heavy (non-hydrogen) atoms. The minimum absolute atomic E-state index is 0.0735. The number of rotatable bonds is 5. The van der Waals surface area contributed by atoms with Crippen LogP contribution in [0, 0.1) is 27.4 Å². The van der Waals surface area contributed by atoms with Crippen molar-refractivity contribution in [1.82, 2.24) is 0 Å². The van der Waals surface area contributed by atoms with Gasteiger partial charge in [0.2, 0.25) is 0 Å². The van der Waals surface area contributed by atoms with E-state index in [1.807, 2.05) is 6.07 Å². The van der Waals surface area contributed by atoms with Crippen molar-refractivity contribution in [3.05, 3.63) is 33.9 Å². The van der Waals surface area contributed by atoms with Gasteiger partial charge in [-0.25, -0.2) is 0 Å². The summed E-state index contributed by atoms with van der Waals surface area (Å²) >= 11 is 0. The molecule has 6 nitrogen and oxygen atoms in total. The third-order valence-corrected chi connectivity index (χ3v) is 4.14. The summed E-state index contributed by atoms with van der Waals surface area (Å²) in [5, 5.41) is 23.2. The van der Waals surface area contributed by atoms with Crippen molar-refractivity contribution in [2.75, 3.05) is 11.9 Å². The lowest BCUT2D eigenvalue weighted by Gasteiger charge is -2.30. The van der Waals surface area contributed by atoms with E-state index in [1.54, 1.807) is 6.07 Å². The molecule has 1 unspecified atom stereocenters. The molecule has 1 aromatic rings. The molecule has 1 atom stereocenters. The molecule has 0 radical (unpaired) electrons. The van der Waals surface area contributed by atoms with Crippen molar-refractivity contribution in [3.63, 3.8) is 0 Å². The van der Waals surface area contributed by atoms with E-state index in [-0.39, 0.29) is 17.3 Å². The van der Waals surface area contributed by atoms with Gasteiger partial charge in [-0.15, -0.1) is 0 Å². The number of benzene rings is 1. The smallest absolute Gasteiger partial charge is 0.287 e. The zero-order valence-electron chi connectivity index (χ0n) is 11.9. The SMILES string of the molecule is N#Cc1cc(NC(CN)C2CCCCC2)ccc1[N+](=O)[O-]. The fourth-order valence-electron chi connectivity index (χ4n) is 2.99. The van der Waals surface area contributed by atoms with E-state index < -0.39 is 4.92 Å². The first kappa shape index (κ1) is 15.3. The largest absolute Gasteiger partial charge is 0.381 e. The molecule has 0 aliphatic heterocycles. The Balaban J connectivity index is 2.14. The molecule has 6 heteroatoms. The van der Waals surface area contributed by atoms with Crippen LogP contribution < -0.4 is 11.1 Å². The van der Waals surface area contributed by atoms with E-state index in [4.69, 9.17) is 11.0 Å². The lowest BCUT2D eigenvalue weighted by molar-refractivity contribution is -0.385. The summed E-state index contributed by atoms with van der Waals surface area (Å²) in [6.45, 7) is 0.517. The van der Waals surface area contributed by atoms with Crippen LogP contribution in [-0.2, 0) is 0 Å². The van der Waals surface area contributed by atoms with E-state index in [0.717, 1.165) is 18.5 Å². The summed E-state index contributed by atoms with van der Waals surface area (Å²) in [6.07, 6.45) is 6.06. The van der Waals surface area contributed by atoms with Crippen LogP contribution in [0.25, 0.3) is 0 Å². The van der Waals surface area contributed by atoms with Crippen LogP contribution in [0.1, 0.15) is 37.7 Å². The topological polar surface area (TPSA) is 105 Å². The van der Waals surface area contributed by atoms with E-state index in [9.17, 15) is 10.1 Å². The molecule has 0 amide bonds. The minimum Gasteiger partial charge on any atom is -0.381 e. The van der Waals surface area contributed by atoms with Crippen LogP contribution >= 0.6 is 0 Å². The molecular weight excluding hydrogens is 268 g/mol. The number of hydrogen-bond donors (Lipinski definition) is 2. The highest BCUT2D eigenvalue weighted by molar-refractivity contribution is 5.59. The highest BCUT2D eigenvalue weighted by Crippen LogP contribution is 2.29. The number of nitro groups is 1. The van der Waals surface area contributed by atoms with Crippen molar-refractivity contribution in [2.24, 2.45) is 11.7 Å². The van der Waals surface area contributed by atoms with Gasteiger partial charge < -0.3 is 11.1 Å². The first-order valence-electron chi connectivity index (χ1n) is 7.31. The fraction of sp³-hybridized carbons (Fsp3) is 0.533. The lowest BCUT2D eigenvalue weighted by atomic mass is 9.84. The Kier molecular flexibility index (Phi) is 5.12. The van der Waals surface area contributed by atoms with Crippen molar-refractivity contribution < 1.29 is 4.92 Å². The highest BCUT2D eigenvalue weighted by atomic mass is 16.6. The molecule has 112 valence electrons. The van der Waals surface area contributed by atoms with Gasteiger partial charge >= 0.3 is 0 Å². The number of nitrogens with zero attached hydrogens (tertiary/aromatic N) is 2. The monoisotopic (exact) mass is 288 g/mol. The van der Waals surface area contributed by atoms with Gasteiger partial charge in [-0.3, -0.25) is 10.1 Å². The molecule has 1 aliphatic carbocycles. The highest BCUT2D eigenvalue weighted by Gasteiger charge is 2.23. The number of anilines is 1. The Bertz CT molecular complexity index is 547. The summed E-state index contributed by atoms with van der Waals surface area (Å²) in [4.78, 5) is 10.3. The maximum Gasteiger partial charge on any atom is 0.287 e. The third-order valence-electron chi connectivity index (χ3n) is 4.14. The predicted molar refractivity (Wildman–Crippen MR) is 80.9 cm³/mol. The normalized spacial score (nSPS) is 17.0. The summed E-state index contributed by atoms with van der Waals surface area (Å²) in [5.74, 6) is 0.532. The molecule has 1 aromatic carbocycles. The van der Waals surface area contributed by atoms with Crippen LogP contribution in [-0.4, -0.2) is 17.5 Å². The summed E-state index contributed by atoms with van der Waals surface area (Å²) in [5.41, 5.74) is 6.50. The Hall–Kier alpha value is -2.13. The van der Waals surface area contributed by atoms with Gasteiger partial charge in [-0.1, -0.05) is 19.3 Å². The van der Waals surface area contributed by atoms with Gasteiger partial charge in [0.15, 0.2) is 0 Å². The maximum atomic E-state index is 10.8. The molecule has 0 spiro atoms. The molecule has 3 N–H and O–H groups in total. The van der Waals surface area contributed by atoms with Gasteiger partial charge in [0, 0.05) is 24.3 Å². The molecule has 0 aromatic heterocycles. The number of nitrogens with one attached hydrogen (secondary N) is 1. The molecule has 0 heterocycles. The zero-order chi connectivity index (χ0) is 15.2. The van der Waals surface area contributed by atoms with Crippen molar-refractivity contribution in [3.8, 4) is 6.07 Å². The molecule has 1 aliphatic rings. The Morgan fingerprint density at radius 2 is 2.14 bits per heavy atom. The van der Waals surface area contributed by atoms with Gasteiger partial charge in [0.1, 0.15) is 11.6 Å². The fourth-order valence-corrected chi connectivity index (χ4v) is 2.99. The van der Waals surface area contributed by atoms with Crippen LogP contribution in [0.2, 0.25) is 0 Å². The van der Waals surface area contributed by atoms with Crippen LogP contribution in [0.4, 0.5) is 11.4 Å². The molecule has 1 saturated carbocycles. The predicted octanol–water partition coefficient (Wildman–Crippen LogP) is 2.79. The molecule has 2 rings (SSSR count). The number of nitro benzene ring substituents is 1. The Morgan fingerprint density at radius 1 is 1.43 bits per heavy atom. The second-order valence-electron chi connectivity index (χ2n) is 5.49. The summed E-state index contributed by atoms with van der Waals surface area (Å²) in [7, 11) is 0. The minimum atomic E-state index is -0.538. The molecule has 1 fully saturated rings. The molecule has 0 bridgehead atoms. The average molecular weight is 288 g/mol. The summed E-state index contributed by atoms with van der Waals surface area (Å²) < 4.78 is 0. The number of nitrogens with two attached hydrogens (primary N) is 1. The first-order valence-corrected chi connectivity index (χ1v) is 7.31. The van der Waals surface area contributed by atoms with Crippen LogP contribution in [0.3, 0.4) is 0 Å². The second kappa shape index (κ2) is 7.04. The summed E-state index contributed by atoms with van der Waals surface area (Å²) in [6, 6.07) is 6.57. The maximum absolute atomic E-state index is 10.8. The standard InChI is InChI=1S/C15H20N4O2/c16-9-12-8-13(6-7-15(12)19(20)21)18-14(10-17)11-4-2-1-3-5-11/h6-8,11,14,18H,1-5,10,17H2. The first-order chi connectivity index (χ1) is 10.2. The van der Waals surface area contributed by atoms with Crippen molar-refractivity contribution in [2.45, 2.75) is 38.1 Å². The van der Waals surface area contributed by atoms with Gasteiger partial charge in [-0.05, 0) is 30.9 Å². The van der Waals surface area contributed by atoms with E-state index in [2.05, 4.69) is 5.32 Å². The number of nitriles is 1. The average Bonchev–Trinajstić information content (AvgIpc) is 2.53. The molecular formula is C15H20N4O2. The molecule has 0 saturated heterocycles. The zero-order valence-corrected chi connectivity index (χ0v) is 11.9. The number of hydrogen-bond acceptors (Lipinski definition) is 5. The van der Waals surface area contributed by atoms with E-state index >= 15 is 0 Å². The van der Waals surface area contributed by atoms with Gasteiger partial charge in [-0.2, -0.15) is 5.26 Å². The van der Waals surface area contributed by atoms with E-state index in [0.29, 0.717) is 12.5 Å². The Morgan fingerprint density at radius 3 is 2.71 bits per heavy atom. The van der Waals surface area contributed by atoms with E-state index in [1.165, 1.54) is 31.4 Å². The Labute approximate surface area is 124 Å². The van der Waals surface area contributed by atoms with Gasteiger partial charge in [0.25, 0.3) is 5.69 Å². The van der Waals surface area contributed by atoms with Crippen LogP contribution in [0.5, 0.6) is 0 Å². The second-order valence-corrected chi connectivity index (χ2v) is 5.49. The lowest BCUT2D eigenvalue weighted by Crippen LogP contribution is -2.37.